The van der Waals surface area contributed by atoms with Crippen LogP contribution in [0.25, 0.3) is 0 Å². The number of benzene rings is 1. The van der Waals surface area contributed by atoms with Gasteiger partial charge in [-0.05, 0) is 43.5 Å². The lowest BCUT2D eigenvalue weighted by Gasteiger charge is -2.21. The van der Waals surface area contributed by atoms with Crippen molar-refractivity contribution in [2.24, 2.45) is 0 Å². The van der Waals surface area contributed by atoms with Crippen LogP contribution >= 0.6 is 0 Å². The fraction of sp³-hybridized carbons (Fsp3) is 0.588. The molecule has 6 heteroatoms. The van der Waals surface area contributed by atoms with Gasteiger partial charge in [0.15, 0.2) is 0 Å². The molecular weight excluding hydrogens is 307 g/mol. The first-order chi connectivity index (χ1) is 11.0. The van der Waals surface area contributed by atoms with E-state index in [9.17, 15) is 18.0 Å². The van der Waals surface area contributed by atoms with E-state index in [0.29, 0.717) is 25.7 Å². The molecule has 1 N–H and O–H groups in total. The highest BCUT2D eigenvalue weighted by molar-refractivity contribution is 5.94. The van der Waals surface area contributed by atoms with E-state index in [1.54, 1.807) is 0 Å². The maximum Gasteiger partial charge on any atom is 0.416 e. The Bertz CT molecular complexity index is 494. The fourth-order valence-corrected chi connectivity index (χ4v) is 2.67. The van der Waals surface area contributed by atoms with Gasteiger partial charge in [-0.1, -0.05) is 19.3 Å². The van der Waals surface area contributed by atoms with Crippen molar-refractivity contribution in [3.8, 4) is 0 Å². The van der Waals surface area contributed by atoms with Gasteiger partial charge in [0.2, 0.25) is 0 Å². The fourth-order valence-electron chi connectivity index (χ4n) is 2.67. The summed E-state index contributed by atoms with van der Waals surface area (Å²) in [5.74, 6) is -0.364. The van der Waals surface area contributed by atoms with E-state index < -0.39 is 11.7 Å². The molecule has 23 heavy (non-hydrogen) atoms. The van der Waals surface area contributed by atoms with Crippen molar-refractivity contribution in [2.45, 2.75) is 50.8 Å². The number of halogens is 3. The van der Waals surface area contributed by atoms with E-state index in [1.807, 2.05) is 0 Å². The van der Waals surface area contributed by atoms with Crippen LogP contribution in [0.3, 0.4) is 0 Å². The summed E-state index contributed by atoms with van der Waals surface area (Å²) in [5.41, 5.74) is -0.527. The number of alkyl halides is 3. The average molecular weight is 329 g/mol. The van der Waals surface area contributed by atoms with Crippen molar-refractivity contribution < 1.29 is 22.7 Å². The van der Waals surface area contributed by atoms with Crippen molar-refractivity contribution in [1.29, 1.82) is 0 Å². The number of carbonyl (C=O) groups excluding carboxylic acids is 1. The smallest absolute Gasteiger partial charge is 0.378 e. The average Bonchev–Trinajstić information content (AvgIpc) is 2.54. The molecule has 2 rings (SSSR count). The summed E-state index contributed by atoms with van der Waals surface area (Å²) < 4.78 is 43.1. The normalized spacial score (nSPS) is 16.3. The van der Waals surface area contributed by atoms with Crippen LogP contribution in [0.2, 0.25) is 0 Å². The molecule has 0 saturated heterocycles. The van der Waals surface area contributed by atoms with Crippen LogP contribution in [0.5, 0.6) is 0 Å². The maximum atomic E-state index is 12.4. The topological polar surface area (TPSA) is 38.3 Å². The second kappa shape index (κ2) is 8.34. The lowest BCUT2D eigenvalue weighted by atomic mass is 9.98. The zero-order valence-corrected chi connectivity index (χ0v) is 13.0. The van der Waals surface area contributed by atoms with Gasteiger partial charge in [0.1, 0.15) is 0 Å². The second-order valence-corrected chi connectivity index (χ2v) is 5.82. The van der Waals surface area contributed by atoms with Crippen LogP contribution in [0, 0.1) is 0 Å². The molecule has 0 heterocycles. The number of rotatable bonds is 6. The Hall–Kier alpha value is -1.56. The number of carbonyl (C=O) groups is 1. The molecule has 1 saturated carbocycles. The van der Waals surface area contributed by atoms with Crippen LogP contribution in [0.4, 0.5) is 13.2 Å². The van der Waals surface area contributed by atoms with E-state index in [0.717, 1.165) is 25.0 Å². The Morgan fingerprint density at radius 1 is 1.13 bits per heavy atom. The zero-order valence-electron chi connectivity index (χ0n) is 13.0. The van der Waals surface area contributed by atoms with E-state index >= 15 is 0 Å². The molecule has 0 aromatic heterocycles. The van der Waals surface area contributed by atoms with E-state index in [2.05, 4.69) is 5.32 Å². The molecule has 128 valence electrons. The largest absolute Gasteiger partial charge is 0.416 e. The molecular formula is C17H22F3NO2. The van der Waals surface area contributed by atoms with Gasteiger partial charge in [-0.3, -0.25) is 4.79 Å². The molecule has 0 radical (unpaired) electrons. The molecule has 1 aliphatic rings. The van der Waals surface area contributed by atoms with Crippen molar-refractivity contribution >= 4 is 5.91 Å². The molecule has 0 spiro atoms. The van der Waals surface area contributed by atoms with Crippen LogP contribution in [-0.4, -0.2) is 25.2 Å². The van der Waals surface area contributed by atoms with Gasteiger partial charge >= 0.3 is 6.18 Å². The van der Waals surface area contributed by atoms with Gasteiger partial charge in [0.25, 0.3) is 5.91 Å². The Kier molecular flexibility index (Phi) is 6.45. The number of hydrogen-bond acceptors (Lipinski definition) is 2. The molecule has 1 aromatic rings. The number of amides is 1. The minimum Gasteiger partial charge on any atom is -0.378 e. The maximum absolute atomic E-state index is 12.4. The van der Waals surface area contributed by atoms with Crippen LogP contribution in [0.15, 0.2) is 24.3 Å². The van der Waals surface area contributed by atoms with E-state index in [4.69, 9.17) is 4.74 Å². The lowest BCUT2D eigenvalue weighted by molar-refractivity contribution is -0.137. The molecule has 1 amide bonds. The lowest BCUT2D eigenvalue weighted by Crippen LogP contribution is -2.26. The molecule has 1 aliphatic carbocycles. The Morgan fingerprint density at radius 3 is 2.39 bits per heavy atom. The first kappa shape index (κ1) is 17.8. The molecule has 0 atom stereocenters. The number of hydrogen-bond donors (Lipinski definition) is 1. The predicted octanol–water partition coefficient (Wildman–Crippen LogP) is 4.17. The van der Waals surface area contributed by atoms with Crippen molar-refractivity contribution in [1.82, 2.24) is 5.32 Å². The molecule has 1 fully saturated rings. The van der Waals surface area contributed by atoms with Crippen molar-refractivity contribution in [3.63, 3.8) is 0 Å². The summed E-state index contributed by atoms with van der Waals surface area (Å²) in [6, 6.07) is 4.22. The summed E-state index contributed by atoms with van der Waals surface area (Å²) in [7, 11) is 0. The highest BCUT2D eigenvalue weighted by Crippen LogP contribution is 2.29. The van der Waals surface area contributed by atoms with Crippen molar-refractivity contribution in [2.75, 3.05) is 13.2 Å². The monoisotopic (exact) mass is 329 g/mol. The van der Waals surface area contributed by atoms with Crippen molar-refractivity contribution in [3.05, 3.63) is 35.4 Å². The van der Waals surface area contributed by atoms with Crippen LogP contribution in [-0.2, 0) is 10.9 Å². The van der Waals surface area contributed by atoms with Gasteiger partial charge in [-0.25, -0.2) is 0 Å². The summed E-state index contributed by atoms with van der Waals surface area (Å²) in [6.45, 7) is 1.05. The minimum atomic E-state index is -4.38. The first-order valence-electron chi connectivity index (χ1n) is 8.04. The number of ether oxygens (including phenoxy) is 1. The Labute approximate surface area is 134 Å². The highest BCUT2D eigenvalue weighted by atomic mass is 19.4. The molecule has 3 nitrogen and oxygen atoms in total. The molecule has 1 aromatic carbocycles. The number of nitrogens with one attached hydrogen (secondary N) is 1. The summed E-state index contributed by atoms with van der Waals surface area (Å²) >= 11 is 0. The standard InChI is InChI=1S/C17H22F3NO2/c18-17(19,20)14-9-7-13(8-10-14)16(22)21-11-4-12-23-15-5-2-1-3-6-15/h7-10,15H,1-6,11-12H2,(H,21,22). The van der Waals surface area contributed by atoms with Gasteiger partial charge in [0.05, 0.1) is 11.7 Å². The third kappa shape index (κ3) is 5.86. The second-order valence-electron chi connectivity index (χ2n) is 5.82. The van der Waals surface area contributed by atoms with Crippen LogP contribution in [0.1, 0.15) is 54.4 Å². The Morgan fingerprint density at radius 2 is 1.78 bits per heavy atom. The van der Waals surface area contributed by atoms with E-state index in [-0.39, 0.29) is 11.5 Å². The molecule has 0 bridgehead atoms. The summed E-state index contributed by atoms with van der Waals surface area (Å²) in [6.07, 6.45) is 2.59. The Balaban J connectivity index is 1.66. The molecule has 0 unspecified atom stereocenters. The summed E-state index contributed by atoms with van der Waals surface area (Å²) in [5, 5.41) is 2.69. The zero-order chi connectivity index (χ0) is 16.7. The molecule has 0 aliphatic heterocycles. The quantitative estimate of drug-likeness (QED) is 0.795. The SMILES string of the molecule is O=C(NCCCOC1CCCCC1)c1ccc(C(F)(F)F)cc1. The predicted molar refractivity (Wildman–Crippen MR) is 81.2 cm³/mol. The highest BCUT2D eigenvalue weighted by Gasteiger charge is 2.30. The van der Waals surface area contributed by atoms with Gasteiger partial charge in [-0.2, -0.15) is 13.2 Å². The van der Waals surface area contributed by atoms with E-state index in [1.165, 1.54) is 31.4 Å². The van der Waals surface area contributed by atoms with Gasteiger partial charge < -0.3 is 10.1 Å². The van der Waals surface area contributed by atoms with Gasteiger partial charge in [0, 0.05) is 18.7 Å². The first-order valence-corrected chi connectivity index (χ1v) is 8.04. The third-order valence-corrected chi connectivity index (χ3v) is 3.99. The summed E-state index contributed by atoms with van der Waals surface area (Å²) in [4.78, 5) is 11.8. The third-order valence-electron chi connectivity index (χ3n) is 3.99. The minimum absolute atomic E-state index is 0.228. The van der Waals surface area contributed by atoms with Gasteiger partial charge in [-0.15, -0.1) is 0 Å². The van der Waals surface area contributed by atoms with Crippen LogP contribution < -0.4 is 5.32 Å².